The number of hydrogen-bond acceptors (Lipinski definition) is 4. The van der Waals surface area contributed by atoms with Crippen molar-refractivity contribution in [2.75, 3.05) is 5.32 Å². The van der Waals surface area contributed by atoms with Crippen molar-refractivity contribution >= 4 is 28.2 Å². The van der Waals surface area contributed by atoms with Crippen LogP contribution in [0.3, 0.4) is 0 Å². The van der Waals surface area contributed by atoms with Gasteiger partial charge < -0.3 is 15.1 Å². The number of nitrogens with one attached hydrogen (secondary N) is 2. The lowest BCUT2D eigenvalue weighted by molar-refractivity contribution is 0.352. The molecule has 0 saturated heterocycles. The highest BCUT2D eigenvalue weighted by molar-refractivity contribution is 6.31. The molecule has 0 bridgehead atoms. The second-order valence-corrected chi connectivity index (χ2v) is 7.16. The van der Waals surface area contributed by atoms with Crippen molar-refractivity contribution in [1.29, 1.82) is 0 Å². The Kier molecular flexibility index (Phi) is 4.90. The van der Waals surface area contributed by atoms with E-state index in [0.717, 1.165) is 28.2 Å². The Bertz CT molecular complexity index is 826. The Morgan fingerprint density at radius 3 is 2.72 bits per heavy atom. The molecule has 0 spiro atoms. The van der Waals surface area contributed by atoms with Gasteiger partial charge in [0.15, 0.2) is 0 Å². The number of benzene rings is 1. The molecule has 4 rings (SSSR count). The lowest BCUT2D eigenvalue weighted by atomic mass is 9.90. The highest BCUT2D eigenvalue weighted by atomic mass is 35.5. The Morgan fingerprint density at radius 1 is 1.08 bits per heavy atom. The fraction of sp³-hybridized carbons (Fsp3) is 0.350. The topological polar surface area (TPSA) is 50.1 Å². The maximum absolute atomic E-state index is 6.07. The van der Waals surface area contributed by atoms with Crippen LogP contribution in [0.2, 0.25) is 5.02 Å². The van der Waals surface area contributed by atoms with Crippen LogP contribution in [0.25, 0.3) is 10.9 Å². The molecule has 0 unspecified atom stereocenters. The highest BCUT2D eigenvalue weighted by Gasteiger charge is 2.21. The van der Waals surface area contributed by atoms with Crippen LogP contribution in [0, 0.1) is 0 Å². The molecular formula is C20H22ClN3O. The smallest absolute Gasteiger partial charge is 0.0947 e. The number of nitrogens with zero attached hydrogens (tertiary/aromatic N) is 1. The molecule has 0 amide bonds. The molecule has 5 heteroatoms. The largest absolute Gasteiger partial charge is 0.472 e. The van der Waals surface area contributed by atoms with Gasteiger partial charge >= 0.3 is 0 Å². The van der Waals surface area contributed by atoms with Crippen molar-refractivity contribution in [2.24, 2.45) is 0 Å². The van der Waals surface area contributed by atoms with Gasteiger partial charge in [0.1, 0.15) is 0 Å². The van der Waals surface area contributed by atoms with E-state index in [1.54, 1.807) is 12.5 Å². The number of rotatable bonds is 5. The molecule has 0 radical (unpaired) electrons. The summed E-state index contributed by atoms with van der Waals surface area (Å²) in [7, 11) is 0. The Hall–Kier alpha value is -2.04. The van der Waals surface area contributed by atoms with Crippen LogP contribution in [-0.4, -0.2) is 17.1 Å². The van der Waals surface area contributed by atoms with Gasteiger partial charge in [-0.2, -0.15) is 0 Å². The third kappa shape index (κ3) is 3.97. The van der Waals surface area contributed by atoms with Gasteiger partial charge in [0.25, 0.3) is 0 Å². The third-order valence-corrected chi connectivity index (χ3v) is 5.20. The van der Waals surface area contributed by atoms with Crippen molar-refractivity contribution < 1.29 is 4.42 Å². The van der Waals surface area contributed by atoms with Crippen LogP contribution in [0.1, 0.15) is 31.2 Å². The summed E-state index contributed by atoms with van der Waals surface area (Å²) < 4.78 is 5.12. The van der Waals surface area contributed by atoms with E-state index in [1.807, 2.05) is 30.5 Å². The molecule has 2 aromatic heterocycles. The number of fused-ring (bicyclic) bond motifs is 1. The van der Waals surface area contributed by atoms with Gasteiger partial charge in [0.05, 0.1) is 18.0 Å². The maximum atomic E-state index is 6.07. The first-order valence-electron chi connectivity index (χ1n) is 8.83. The predicted molar refractivity (Wildman–Crippen MR) is 102 cm³/mol. The molecule has 2 heterocycles. The first kappa shape index (κ1) is 16.4. The van der Waals surface area contributed by atoms with Gasteiger partial charge in [-0.25, -0.2) is 0 Å². The van der Waals surface area contributed by atoms with E-state index in [0.29, 0.717) is 12.1 Å². The number of aromatic nitrogens is 1. The van der Waals surface area contributed by atoms with E-state index in [-0.39, 0.29) is 0 Å². The lowest BCUT2D eigenvalue weighted by Crippen LogP contribution is -2.36. The van der Waals surface area contributed by atoms with Crippen LogP contribution >= 0.6 is 11.6 Å². The number of hydrogen-bond donors (Lipinski definition) is 2. The first-order valence-corrected chi connectivity index (χ1v) is 9.21. The molecule has 4 nitrogen and oxygen atoms in total. The van der Waals surface area contributed by atoms with Crippen LogP contribution in [0.5, 0.6) is 0 Å². The summed E-state index contributed by atoms with van der Waals surface area (Å²) in [4.78, 5) is 4.41. The average Bonchev–Trinajstić information content (AvgIpc) is 3.15. The quantitative estimate of drug-likeness (QED) is 0.676. The molecule has 0 aliphatic heterocycles. The summed E-state index contributed by atoms with van der Waals surface area (Å²) in [5.74, 6) is 0. The van der Waals surface area contributed by atoms with Crippen molar-refractivity contribution in [1.82, 2.24) is 10.3 Å². The average molecular weight is 356 g/mol. The third-order valence-electron chi connectivity index (χ3n) is 4.97. The van der Waals surface area contributed by atoms with Crippen LogP contribution in [0.4, 0.5) is 5.69 Å². The van der Waals surface area contributed by atoms with Crippen molar-refractivity contribution in [3.05, 3.63) is 59.6 Å². The molecule has 1 fully saturated rings. The lowest BCUT2D eigenvalue weighted by Gasteiger charge is -2.30. The molecule has 1 aliphatic carbocycles. The molecule has 130 valence electrons. The molecule has 3 aromatic rings. The van der Waals surface area contributed by atoms with Gasteiger partial charge in [0, 0.05) is 46.5 Å². The zero-order valence-electron chi connectivity index (χ0n) is 14.0. The summed E-state index contributed by atoms with van der Waals surface area (Å²) in [5, 5.41) is 9.19. The number of furan rings is 1. The van der Waals surface area contributed by atoms with Gasteiger partial charge in [-0.05, 0) is 56.0 Å². The van der Waals surface area contributed by atoms with Gasteiger partial charge in [-0.1, -0.05) is 11.6 Å². The van der Waals surface area contributed by atoms with Crippen LogP contribution < -0.4 is 10.6 Å². The predicted octanol–water partition coefficient (Wildman–Crippen LogP) is 4.99. The van der Waals surface area contributed by atoms with Crippen molar-refractivity contribution in [3.8, 4) is 0 Å². The van der Waals surface area contributed by atoms with Crippen LogP contribution in [-0.2, 0) is 6.54 Å². The van der Waals surface area contributed by atoms with E-state index in [4.69, 9.17) is 16.0 Å². The molecular weight excluding hydrogens is 334 g/mol. The molecule has 1 saturated carbocycles. The summed E-state index contributed by atoms with van der Waals surface area (Å²) in [6, 6.07) is 11.0. The monoisotopic (exact) mass is 355 g/mol. The fourth-order valence-electron chi connectivity index (χ4n) is 3.56. The number of anilines is 1. The second kappa shape index (κ2) is 7.46. The normalized spacial score (nSPS) is 20.7. The Morgan fingerprint density at radius 2 is 1.92 bits per heavy atom. The van der Waals surface area contributed by atoms with Gasteiger partial charge in [-0.15, -0.1) is 0 Å². The zero-order valence-corrected chi connectivity index (χ0v) is 14.8. The molecule has 25 heavy (non-hydrogen) atoms. The summed E-state index contributed by atoms with van der Waals surface area (Å²) in [6.07, 6.45) is 10.1. The minimum absolute atomic E-state index is 0.508. The SMILES string of the molecule is Clc1ccc2c(NC3CCC(NCc4ccoc4)CC3)ccnc2c1. The van der Waals surface area contributed by atoms with E-state index >= 15 is 0 Å². The van der Waals surface area contributed by atoms with Gasteiger partial charge in [-0.3, -0.25) is 4.98 Å². The standard InChI is InChI=1S/C20H22ClN3O/c21-15-1-6-18-19(7-9-22-20(18)11-15)24-17-4-2-16(3-5-17)23-12-14-8-10-25-13-14/h1,6-11,13,16-17,23H,2-5,12H2,(H,22,24). The highest BCUT2D eigenvalue weighted by Crippen LogP contribution is 2.28. The van der Waals surface area contributed by atoms with E-state index in [9.17, 15) is 0 Å². The summed E-state index contributed by atoms with van der Waals surface area (Å²) >= 11 is 6.07. The van der Waals surface area contributed by atoms with E-state index < -0.39 is 0 Å². The Balaban J connectivity index is 1.34. The second-order valence-electron chi connectivity index (χ2n) is 6.73. The molecule has 2 N–H and O–H groups in total. The van der Waals surface area contributed by atoms with E-state index in [2.05, 4.69) is 21.7 Å². The Labute approximate surface area is 152 Å². The maximum Gasteiger partial charge on any atom is 0.0947 e. The van der Waals surface area contributed by atoms with Crippen molar-refractivity contribution in [2.45, 2.75) is 44.3 Å². The number of halogens is 1. The first-order chi connectivity index (χ1) is 12.3. The number of pyridine rings is 1. The fourth-order valence-corrected chi connectivity index (χ4v) is 3.73. The zero-order chi connectivity index (χ0) is 17.1. The minimum atomic E-state index is 0.508. The van der Waals surface area contributed by atoms with Crippen LogP contribution in [0.15, 0.2) is 53.5 Å². The summed E-state index contributed by atoms with van der Waals surface area (Å²) in [6.45, 7) is 0.884. The molecule has 1 aliphatic rings. The molecule has 0 atom stereocenters. The summed E-state index contributed by atoms with van der Waals surface area (Å²) in [5.41, 5.74) is 3.30. The minimum Gasteiger partial charge on any atom is -0.472 e. The van der Waals surface area contributed by atoms with Crippen molar-refractivity contribution in [3.63, 3.8) is 0 Å². The molecule has 1 aromatic carbocycles. The van der Waals surface area contributed by atoms with E-state index in [1.165, 1.54) is 31.2 Å². The van der Waals surface area contributed by atoms with Gasteiger partial charge in [0.2, 0.25) is 0 Å².